The molecule has 1 aromatic heterocycles. The zero-order valence-corrected chi connectivity index (χ0v) is 24.6. The van der Waals surface area contributed by atoms with Gasteiger partial charge < -0.3 is 25.4 Å². The number of amides is 2. The van der Waals surface area contributed by atoms with Crippen molar-refractivity contribution in [3.63, 3.8) is 0 Å². The predicted octanol–water partition coefficient (Wildman–Crippen LogP) is 5.61. The van der Waals surface area contributed by atoms with Gasteiger partial charge in [-0.1, -0.05) is 78.9 Å². The van der Waals surface area contributed by atoms with E-state index in [1.54, 1.807) is 11.3 Å². The number of anilines is 1. The van der Waals surface area contributed by atoms with E-state index < -0.39 is 18.1 Å². The Morgan fingerprint density at radius 1 is 1.02 bits per heavy atom. The highest BCUT2D eigenvalue weighted by molar-refractivity contribution is 7.09. The van der Waals surface area contributed by atoms with Crippen LogP contribution in [0.2, 0.25) is 0 Å². The number of morpholine rings is 1. The number of methoxy groups -OCH3 is 1. The van der Waals surface area contributed by atoms with Crippen LogP contribution in [0.25, 0.3) is 0 Å². The van der Waals surface area contributed by atoms with Crippen LogP contribution in [0.5, 0.6) is 0 Å². The van der Waals surface area contributed by atoms with Crippen molar-refractivity contribution in [1.82, 2.24) is 15.6 Å². The van der Waals surface area contributed by atoms with Crippen LogP contribution >= 0.6 is 11.3 Å². The lowest BCUT2D eigenvalue weighted by molar-refractivity contribution is -0.118. The van der Waals surface area contributed by atoms with Crippen LogP contribution in [0.15, 0.2) is 90.3 Å². The van der Waals surface area contributed by atoms with Crippen molar-refractivity contribution < 1.29 is 19.1 Å². The van der Waals surface area contributed by atoms with Crippen LogP contribution in [0.1, 0.15) is 45.8 Å². The second kappa shape index (κ2) is 14.2. The molecular formula is C33H36N4O4S. The second-order valence-electron chi connectivity index (χ2n) is 10.3. The lowest BCUT2D eigenvalue weighted by atomic mass is 9.84. The Bertz CT molecular complexity index is 1420. The molecule has 4 aromatic rings. The lowest BCUT2D eigenvalue weighted by Gasteiger charge is -2.30. The van der Waals surface area contributed by atoms with E-state index >= 15 is 0 Å². The molecule has 9 heteroatoms. The van der Waals surface area contributed by atoms with Gasteiger partial charge >= 0.3 is 6.09 Å². The molecule has 218 valence electrons. The SMILES string of the molecule is COC(=O)NC(C(=O)Nc1ccccc1CC[C@@H]1CN[C@H](c2csc(C)n2)CO1)C(c1ccccc1)c1ccccc1. The van der Waals surface area contributed by atoms with Gasteiger partial charge in [-0.05, 0) is 42.5 Å². The standard InChI is InChI=1S/C33H36N4O4S/c1-22-35-29(21-42-22)28-20-41-26(19-34-28)18-17-23-11-9-10-16-27(23)36-32(38)31(37-33(39)40-2)30(24-12-5-3-6-13-24)25-14-7-4-8-15-25/h3-16,21,26,28,30-31,34H,17-20H2,1-2H3,(H,36,38)(H,37,39)/t26-,28+,31?/m1/s1. The Morgan fingerprint density at radius 3 is 2.29 bits per heavy atom. The number of ether oxygens (including phenoxy) is 2. The number of alkyl carbamates (subject to hydrolysis) is 1. The summed E-state index contributed by atoms with van der Waals surface area (Å²) in [6.07, 6.45) is 0.898. The van der Waals surface area contributed by atoms with Crippen LogP contribution < -0.4 is 16.0 Å². The van der Waals surface area contributed by atoms with Crippen molar-refractivity contribution in [2.45, 2.75) is 43.9 Å². The average molecular weight is 585 g/mol. The molecule has 1 fully saturated rings. The van der Waals surface area contributed by atoms with Crippen molar-refractivity contribution >= 4 is 29.0 Å². The summed E-state index contributed by atoms with van der Waals surface area (Å²) >= 11 is 1.65. The van der Waals surface area contributed by atoms with Crippen molar-refractivity contribution in [3.8, 4) is 0 Å². The van der Waals surface area contributed by atoms with Crippen LogP contribution in [0.3, 0.4) is 0 Å². The molecule has 0 saturated carbocycles. The van der Waals surface area contributed by atoms with Gasteiger partial charge in [0.25, 0.3) is 0 Å². The van der Waals surface area contributed by atoms with Crippen molar-refractivity contribution in [1.29, 1.82) is 0 Å². The Kier molecular flexibility index (Phi) is 9.97. The molecular weight excluding hydrogens is 548 g/mol. The molecule has 0 radical (unpaired) electrons. The van der Waals surface area contributed by atoms with Crippen LogP contribution in [0.4, 0.5) is 10.5 Å². The molecule has 1 unspecified atom stereocenters. The van der Waals surface area contributed by atoms with Gasteiger partial charge in [0.1, 0.15) is 6.04 Å². The molecule has 0 spiro atoms. The van der Waals surface area contributed by atoms with E-state index in [0.717, 1.165) is 46.8 Å². The van der Waals surface area contributed by atoms with Crippen molar-refractivity contribution in [2.75, 3.05) is 25.6 Å². The molecule has 2 amide bonds. The van der Waals surface area contributed by atoms with E-state index in [1.165, 1.54) is 7.11 Å². The molecule has 1 saturated heterocycles. The summed E-state index contributed by atoms with van der Waals surface area (Å²) in [5.74, 6) is -0.766. The number of rotatable bonds is 10. The number of aromatic nitrogens is 1. The number of aryl methyl sites for hydroxylation is 2. The van der Waals surface area contributed by atoms with E-state index in [-0.39, 0.29) is 18.1 Å². The summed E-state index contributed by atoms with van der Waals surface area (Å²) in [6, 6.07) is 26.4. The Balaban J connectivity index is 1.30. The lowest BCUT2D eigenvalue weighted by Crippen LogP contribution is -2.48. The van der Waals surface area contributed by atoms with Crippen molar-refractivity contribution in [3.05, 3.63) is 118 Å². The number of thiazole rings is 1. The fraction of sp³-hybridized carbons (Fsp3) is 0.303. The number of para-hydroxylation sites is 1. The molecule has 3 aromatic carbocycles. The molecule has 5 rings (SSSR count). The third-order valence-corrected chi connectivity index (χ3v) is 8.28. The van der Waals surface area contributed by atoms with Crippen molar-refractivity contribution in [2.24, 2.45) is 0 Å². The third kappa shape index (κ3) is 7.42. The van der Waals surface area contributed by atoms with Gasteiger partial charge in [0.15, 0.2) is 0 Å². The predicted molar refractivity (Wildman–Crippen MR) is 165 cm³/mol. The Hall–Kier alpha value is -4.05. The number of nitrogens with zero attached hydrogens (tertiary/aromatic N) is 1. The highest BCUT2D eigenvalue weighted by atomic mass is 32.1. The van der Waals surface area contributed by atoms with Crippen LogP contribution in [0, 0.1) is 6.92 Å². The number of hydrogen-bond acceptors (Lipinski definition) is 7. The minimum Gasteiger partial charge on any atom is -0.453 e. The van der Waals surface area contributed by atoms with E-state index in [1.807, 2.05) is 91.9 Å². The monoisotopic (exact) mass is 584 g/mol. The van der Waals surface area contributed by atoms with Gasteiger partial charge in [0.05, 0.1) is 36.6 Å². The first kappa shape index (κ1) is 29.4. The van der Waals surface area contributed by atoms with Gasteiger partial charge in [-0.15, -0.1) is 11.3 Å². The quantitative estimate of drug-likeness (QED) is 0.224. The first-order valence-electron chi connectivity index (χ1n) is 14.1. The Labute approximate surface area is 250 Å². The number of carbonyl (C=O) groups is 2. The van der Waals surface area contributed by atoms with Crippen LogP contribution in [-0.4, -0.2) is 49.4 Å². The van der Waals surface area contributed by atoms with Gasteiger partial charge in [0, 0.05) is 23.5 Å². The summed E-state index contributed by atoms with van der Waals surface area (Å²) in [5, 5.41) is 12.6. The van der Waals surface area contributed by atoms with E-state index in [2.05, 4.69) is 26.3 Å². The smallest absolute Gasteiger partial charge is 0.407 e. The summed E-state index contributed by atoms with van der Waals surface area (Å²) in [4.78, 5) is 31.0. The molecule has 1 aliphatic heterocycles. The number of carbonyl (C=O) groups excluding carboxylic acids is 2. The number of benzene rings is 3. The first-order chi connectivity index (χ1) is 20.5. The zero-order valence-electron chi connectivity index (χ0n) is 23.8. The maximum Gasteiger partial charge on any atom is 0.407 e. The minimum absolute atomic E-state index is 0.0546. The van der Waals surface area contributed by atoms with Gasteiger partial charge in [-0.2, -0.15) is 0 Å². The van der Waals surface area contributed by atoms with Gasteiger partial charge in [-0.25, -0.2) is 9.78 Å². The summed E-state index contributed by atoms with van der Waals surface area (Å²) in [5.41, 5.74) is 4.55. The number of hydrogen-bond donors (Lipinski definition) is 3. The first-order valence-corrected chi connectivity index (χ1v) is 15.0. The minimum atomic E-state index is -0.924. The summed E-state index contributed by atoms with van der Waals surface area (Å²) in [7, 11) is 1.29. The fourth-order valence-corrected chi connectivity index (χ4v) is 5.98. The van der Waals surface area contributed by atoms with Crippen LogP contribution in [-0.2, 0) is 20.7 Å². The maximum atomic E-state index is 14.0. The topological polar surface area (TPSA) is 102 Å². The Morgan fingerprint density at radius 2 is 1.69 bits per heavy atom. The third-order valence-electron chi connectivity index (χ3n) is 7.49. The molecule has 8 nitrogen and oxygen atoms in total. The highest BCUT2D eigenvalue weighted by Gasteiger charge is 2.33. The molecule has 2 heterocycles. The van der Waals surface area contributed by atoms with E-state index in [9.17, 15) is 9.59 Å². The highest BCUT2D eigenvalue weighted by Crippen LogP contribution is 2.30. The molecule has 0 aliphatic carbocycles. The van der Waals surface area contributed by atoms with E-state index in [4.69, 9.17) is 9.47 Å². The normalized spacial score (nSPS) is 17.4. The molecule has 1 aliphatic rings. The van der Waals surface area contributed by atoms with E-state index in [0.29, 0.717) is 12.3 Å². The largest absolute Gasteiger partial charge is 0.453 e. The maximum absolute atomic E-state index is 14.0. The van der Waals surface area contributed by atoms with Gasteiger partial charge in [0.2, 0.25) is 5.91 Å². The fourth-order valence-electron chi connectivity index (χ4n) is 5.31. The summed E-state index contributed by atoms with van der Waals surface area (Å²) in [6.45, 7) is 3.32. The zero-order chi connectivity index (χ0) is 29.3. The number of nitrogens with one attached hydrogen (secondary N) is 3. The van der Waals surface area contributed by atoms with Gasteiger partial charge in [-0.3, -0.25) is 4.79 Å². The second-order valence-corrected chi connectivity index (χ2v) is 11.4. The average Bonchev–Trinajstić information content (AvgIpc) is 3.47. The molecule has 3 N–H and O–H groups in total. The molecule has 3 atom stereocenters. The molecule has 0 bridgehead atoms. The molecule has 42 heavy (non-hydrogen) atoms. The summed E-state index contributed by atoms with van der Waals surface area (Å²) < 4.78 is 11.1.